The zero-order valence-electron chi connectivity index (χ0n) is 9.18. The van der Waals surface area contributed by atoms with Crippen LogP contribution in [0.5, 0.6) is 0 Å². The molecule has 3 nitrogen and oxygen atoms in total. The molecule has 19 heavy (non-hydrogen) atoms. The van der Waals surface area contributed by atoms with Gasteiger partial charge in [0, 0.05) is 20.2 Å². The Morgan fingerprint density at radius 2 is 1.79 bits per heavy atom. The van der Waals surface area contributed by atoms with E-state index >= 15 is 0 Å². The van der Waals surface area contributed by atoms with Gasteiger partial charge in [0.1, 0.15) is 0 Å². The Labute approximate surface area is 133 Å². The first kappa shape index (κ1) is 16.5. The van der Waals surface area contributed by atoms with Gasteiger partial charge in [-0.1, -0.05) is 27.5 Å². The third kappa shape index (κ3) is 5.51. The van der Waals surface area contributed by atoms with Gasteiger partial charge in [-0.3, -0.25) is 0 Å². The van der Waals surface area contributed by atoms with Gasteiger partial charge in [0.05, 0.1) is 11.5 Å². The molecule has 0 amide bonds. The van der Waals surface area contributed by atoms with Gasteiger partial charge in [-0.05, 0) is 35.7 Å². The zero-order valence-corrected chi connectivity index (χ0v) is 13.9. The molecule has 0 aliphatic rings. The van der Waals surface area contributed by atoms with Crippen LogP contribution >= 0.6 is 49.6 Å². The number of halogens is 3. The molecule has 0 aliphatic carbocycles. The Bertz CT molecular complexity index is 690. The van der Waals surface area contributed by atoms with Crippen molar-refractivity contribution in [1.82, 2.24) is 0 Å². The fourth-order valence-corrected chi connectivity index (χ4v) is 3.10. The molecular formula is C11H6BrCl2NO2S2. The maximum Gasteiger partial charge on any atom is 0.261 e. The van der Waals surface area contributed by atoms with Crippen molar-refractivity contribution in [1.29, 1.82) is 0 Å². The van der Waals surface area contributed by atoms with Crippen molar-refractivity contribution >= 4 is 63.6 Å². The quantitative estimate of drug-likeness (QED) is 0.481. The smallest absolute Gasteiger partial charge is 0.225 e. The molecular weight excluding hydrogens is 393 g/mol. The summed E-state index contributed by atoms with van der Waals surface area (Å²) in [4.78, 5) is 3.31. The predicted molar refractivity (Wildman–Crippen MR) is 82.8 cm³/mol. The first-order chi connectivity index (χ1) is 8.84. The van der Waals surface area contributed by atoms with Crippen LogP contribution in [0, 0.1) is 6.57 Å². The predicted octanol–water partition coefficient (Wildman–Crippen LogP) is 5.33. The monoisotopic (exact) mass is 397 g/mol. The van der Waals surface area contributed by atoms with E-state index in [0.717, 1.165) is 9.47 Å². The summed E-state index contributed by atoms with van der Waals surface area (Å²) in [5, 5.41) is 3.09. The van der Waals surface area contributed by atoms with E-state index in [1.54, 1.807) is 0 Å². The SMILES string of the molecule is O=S(=O)(Cl)c1ccc(Cl)cc1.[C-]#[N+]c1sccc1Br. The number of nitrogens with zero attached hydrogens (tertiary/aromatic N) is 1. The van der Waals surface area contributed by atoms with Crippen molar-refractivity contribution in [3.63, 3.8) is 0 Å². The lowest BCUT2D eigenvalue weighted by atomic mass is 10.4. The van der Waals surface area contributed by atoms with Crippen LogP contribution in [0.15, 0.2) is 45.1 Å². The van der Waals surface area contributed by atoms with E-state index in [1.807, 2.05) is 11.4 Å². The minimum absolute atomic E-state index is 0.0589. The maximum absolute atomic E-state index is 10.7. The summed E-state index contributed by atoms with van der Waals surface area (Å²) >= 11 is 10.2. The van der Waals surface area contributed by atoms with Crippen LogP contribution in [-0.4, -0.2) is 8.42 Å². The third-order valence-corrected chi connectivity index (χ3v) is 5.13. The fraction of sp³-hybridized carbons (Fsp3) is 0. The molecule has 0 saturated heterocycles. The van der Waals surface area contributed by atoms with Crippen LogP contribution in [0.2, 0.25) is 5.02 Å². The molecule has 100 valence electrons. The van der Waals surface area contributed by atoms with Gasteiger partial charge in [0.2, 0.25) is 0 Å². The van der Waals surface area contributed by atoms with Crippen LogP contribution in [0.4, 0.5) is 5.00 Å². The molecule has 0 fully saturated rings. The Morgan fingerprint density at radius 1 is 1.21 bits per heavy atom. The van der Waals surface area contributed by atoms with Gasteiger partial charge in [0.25, 0.3) is 14.1 Å². The van der Waals surface area contributed by atoms with Gasteiger partial charge < -0.3 is 0 Å². The molecule has 0 unspecified atom stereocenters. The molecule has 0 bridgehead atoms. The molecule has 0 atom stereocenters. The van der Waals surface area contributed by atoms with E-state index in [1.165, 1.54) is 35.6 Å². The highest BCUT2D eigenvalue weighted by molar-refractivity contribution is 9.10. The van der Waals surface area contributed by atoms with Gasteiger partial charge >= 0.3 is 0 Å². The summed E-state index contributed by atoms with van der Waals surface area (Å²) in [5.41, 5.74) is 0. The normalized spacial score (nSPS) is 10.2. The van der Waals surface area contributed by atoms with Crippen molar-refractivity contribution in [2.24, 2.45) is 0 Å². The van der Waals surface area contributed by atoms with E-state index in [-0.39, 0.29) is 4.90 Å². The average Bonchev–Trinajstić information content (AvgIpc) is 2.75. The van der Waals surface area contributed by atoms with Gasteiger partial charge in [-0.25, -0.2) is 13.3 Å². The molecule has 0 spiro atoms. The highest BCUT2D eigenvalue weighted by Crippen LogP contribution is 2.30. The fourth-order valence-electron chi connectivity index (χ4n) is 0.963. The second-order valence-corrected chi connectivity index (χ2v) is 7.83. The van der Waals surface area contributed by atoms with Crippen LogP contribution in [0.25, 0.3) is 4.85 Å². The Balaban J connectivity index is 0.000000200. The Kier molecular flexibility index (Phi) is 6.30. The maximum atomic E-state index is 10.7. The van der Waals surface area contributed by atoms with Crippen molar-refractivity contribution < 1.29 is 8.42 Å². The number of rotatable bonds is 1. The number of hydrogen-bond donors (Lipinski definition) is 0. The van der Waals surface area contributed by atoms with Crippen molar-refractivity contribution in [2.75, 3.05) is 0 Å². The van der Waals surface area contributed by atoms with Crippen molar-refractivity contribution in [2.45, 2.75) is 4.90 Å². The van der Waals surface area contributed by atoms with Gasteiger partial charge in [-0.15, -0.1) is 0 Å². The largest absolute Gasteiger partial charge is 0.261 e. The van der Waals surface area contributed by atoms with Crippen LogP contribution in [-0.2, 0) is 9.05 Å². The summed E-state index contributed by atoms with van der Waals surface area (Å²) in [6.07, 6.45) is 0. The van der Waals surface area contributed by atoms with Crippen molar-refractivity contribution in [3.05, 3.63) is 56.6 Å². The number of hydrogen-bond acceptors (Lipinski definition) is 3. The molecule has 0 aliphatic heterocycles. The third-order valence-electron chi connectivity index (χ3n) is 1.80. The second-order valence-electron chi connectivity index (χ2n) is 3.08. The lowest BCUT2D eigenvalue weighted by molar-refractivity contribution is 0.609. The standard InChI is InChI=1S/C6H4Cl2O2S.C5H2BrNS/c7-5-1-3-6(4-2-5)11(8,9)10;1-7-5-4(6)2-3-8-5/h1-4H;2-3H. The average molecular weight is 399 g/mol. The van der Waals surface area contributed by atoms with E-state index in [2.05, 4.69) is 20.8 Å². The molecule has 0 radical (unpaired) electrons. The summed E-state index contributed by atoms with van der Waals surface area (Å²) in [7, 11) is 1.43. The van der Waals surface area contributed by atoms with Crippen LogP contribution < -0.4 is 0 Å². The van der Waals surface area contributed by atoms with Crippen LogP contribution in [0.3, 0.4) is 0 Å². The van der Waals surface area contributed by atoms with Crippen LogP contribution in [0.1, 0.15) is 0 Å². The first-order valence-electron chi connectivity index (χ1n) is 4.65. The minimum atomic E-state index is -3.61. The lowest BCUT2D eigenvalue weighted by Gasteiger charge is -1.93. The zero-order chi connectivity index (χ0) is 14.5. The molecule has 8 heteroatoms. The molecule has 2 rings (SSSR count). The molecule has 0 saturated carbocycles. The molecule has 1 aromatic carbocycles. The summed E-state index contributed by atoms with van der Waals surface area (Å²) in [6.45, 7) is 6.61. The summed E-state index contributed by atoms with van der Waals surface area (Å²) in [6, 6.07) is 7.51. The topological polar surface area (TPSA) is 38.5 Å². The Morgan fingerprint density at radius 3 is 2.11 bits per heavy atom. The summed E-state index contributed by atoms with van der Waals surface area (Å²) < 4.78 is 22.2. The Hall–Kier alpha value is -0.580. The van der Waals surface area contributed by atoms with E-state index in [9.17, 15) is 8.42 Å². The van der Waals surface area contributed by atoms with Gasteiger partial charge in [-0.2, -0.15) is 11.3 Å². The molecule has 0 N–H and O–H groups in total. The first-order valence-corrected chi connectivity index (χ1v) is 9.01. The highest BCUT2D eigenvalue weighted by Gasteiger charge is 2.07. The number of thiophene rings is 1. The van der Waals surface area contributed by atoms with Gasteiger partial charge in [0.15, 0.2) is 0 Å². The number of benzene rings is 1. The molecule has 1 aromatic heterocycles. The lowest BCUT2D eigenvalue weighted by Crippen LogP contribution is -1.88. The minimum Gasteiger partial charge on any atom is -0.225 e. The van der Waals surface area contributed by atoms with E-state index in [4.69, 9.17) is 28.9 Å². The molecule has 1 heterocycles. The van der Waals surface area contributed by atoms with E-state index in [0.29, 0.717) is 5.02 Å². The molecule has 2 aromatic rings. The highest BCUT2D eigenvalue weighted by atomic mass is 79.9. The van der Waals surface area contributed by atoms with Crippen molar-refractivity contribution in [3.8, 4) is 0 Å². The van der Waals surface area contributed by atoms with E-state index < -0.39 is 9.05 Å². The second kappa shape index (κ2) is 7.27. The summed E-state index contributed by atoms with van der Waals surface area (Å²) in [5.74, 6) is 0.